The van der Waals surface area contributed by atoms with E-state index >= 15 is 0 Å². The van der Waals surface area contributed by atoms with Crippen molar-refractivity contribution in [2.45, 2.75) is 50.1 Å². The fourth-order valence-corrected chi connectivity index (χ4v) is 3.78. The van der Waals surface area contributed by atoms with Gasteiger partial charge in [0.15, 0.2) is 0 Å². The van der Waals surface area contributed by atoms with Crippen molar-refractivity contribution in [2.24, 2.45) is 5.92 Å². The van der Waals surface area contributed by atoms with E-state index in [4.69, 9.17) is 11.6 Å². The molecule has 106 valence electrons. The van der Waals surface area contributed by atoms with Crippen molar-refractivity contribution in [1.82, 2.24) is 10.3 Å². The number of rotatable bonds is 7. The summed E-state index contributed by atoms with van der Waals surface area (Å²) in [6.45, 7) is 3.39. The standard InChI is InChI=1S/C15H23ClN2S/c1-2-9-17-14-5-3-4-12(14)8-10-19-15-7-6-13(16)11-18-15/h6-7,11-12,14,17H,2-5,8-10H2,1H3. The summed E-state index contributed by atoms with van der Waals surface area (Å²) in [6, 6.07) is 4.67. The van der Waals surface area contributed by atoms with Crippen LogP contribution in [0.25, 0.3) is 0 Å². The van der Waals surface area contributed by atoms with Crippen LogP contribution in [0.15, 0.2) is 23.4 Å². The SMILES string of the molecule is CCCNC1CCCC1CCSc1ccc(Cl)cn1. The predicted molar refractivity (Wildman–Crippen MR) is 84.0 cm³/mol. The highest BCUT2D eigenvalue weighted by Gasteiger charge is 2.25. The zero-order valence-electron chi connectivity index (χ0n) is 11.6. The van der Waals surface area contributed by atoms with Gasteiger partial charge in [0.05, 0.1) is 10.0 Å². The Kier molecular flexibility index (Phi) is 6.48. The fraction of sp³-hybridized carbons (Fsp3) is 0.667. The van der Waals surface area contributed by atoms with E-state index in [1.807, 2.05) is 23.9 Å². The number of aromatic nitrogens is 1. The van der Waals surface area contributed by atoms with Gasteiger partial charge in [-0.15, -0.1) is 11.8 Å². The van der Waals surface area contributed by atoms with Crippen LogP contribution in [0.2, 0.25) is 5.02 Å². The lowest BCUT2D eigenvalue weighted by atomic mass is 10.0. The second kappa shape index (κ2) is 8.13. The quantitative estimate of drug-likeness (QED) is 0.756. The van der Waals surface area contributed by atoms with Gasteiger partial charge in [-0.05, 0) is 56.0 Å². The van der Waals surface area contributed by atoms with Crippen molar-refractivity contribution in [1.29, 1.82) is 0 Å². The predicted octanol–water partition coefficient (Wildman–Crippen LogP) is 4.39. The average Bonchev–Trinajstić information content (AvgIpc) is 2.86. The monoisotopic (exact) mass is 298 g/mol. The van der Waals surface area contributed by atoms with E-state index in [1.165, 1.54) is 32.1 Å². The fourth-order valence-electron chi connectivity index (χ4n) is 2.74. The van der Waals surface area contributed by atoms with E-state index in [1.54, 1.807) is 6.20 Å². The molecule has 0 aromatic carbocycles. The molecule has 1 aromatic heterocycles. The number of hydrogen-bond acceptors (Lipinski definition) is 3. The molecular formula is C15H23ClN2S. The highest BCUT2D eigenvalue weighted by atomic mass is 35.5. The Morgan fingerprint density at radius 2 is 2.32 bits per heavy atom. The van der Waals surface area contributed by atoms with Crippen molar-refractivity contribution < 1.29 is 0 Å². The van der Waals surface area contributed by atoms with Crippen molar-refractivity contribution >= 4 is 23.4 Å². The van der Waals surface area contributed by atoms with Gasteiger partial charge in [0.2, 0.25) is 0 Å². The first kappa shape index (κ1) is 15.1. The zero-order valence-corrected chi connectivity index (χ0v) is 13.1. The Labute approximate surface area is 125 Å². The number of pyridine rings is 1. The maximum Gasteiger partial charge on any atom is 0.0960 e. The Morgan fingerprint density at radius 1 is 1.42 bits per heavy atom. The summed E-state index contributed by atoms with van der Waals surface area (Å²) in [6.07, 6.45) is 8.37. The molecular weight excluding hydrogens is 276 g/mol. The summed E-state index contributed by atoms with van der Waals surface area (Å²) in [7, 11) is 0. The summed E-state index contributed by atoms with van der Waals surface area (Å²) >= 11 is 7.68. The van der Waals surface area contributed by atoms with E-state index in [9.17, 15) is 0 Å². The Morgan fingerprint density at radius 3 is 3.05 bits per heavy atom. The van der Waals surface area contributed by atoms with Crippen LogP contribution in [0.1, 0.15) is 39.0 Å². The summed E-state index contributed by atoms with van der Waals surface area (Å²) in [4.78, 5) is 4.33. The van der Waals surface area contributed by atoms with Crippen LogP contribution in [0, 0.1) is 5.92 Å². The van der Waals surface area contributed by atoms with Gasteiger partial charge >= 0.3 is 0 Å². The van der Waals surface area contributed by atoms with E-state index in [0.717, 1.165) is 29.3 Å². The largest absolute Gasteiger partial charge is 0.314 e. The Hall–Kier alpha value is -0.250. The normalized spacial score (nSPS) is 22.8. The third kappa shape index (κ3) is 4.97. The van der Waals surface area contributed by atoms with Crippen molar-refractivity contribution in [3.05, 3.63) is 23.4 Å². The van der Waals surface area contributed by atoms with Crippen LogP contribution < -0.4 is 5.32 Å². The van der Waals surface area contributed by atoms with Crippen LogP contribution in [0.5, 0.6) is 0 Å². The number of nitrogens with zero attached hydrogens (tertiary/aromatic N) is 1. The number of halogens is 1. The molecule has 1 aliphatic carbocycles. The van der Waals surface area contributed by atoms with Crippen molar-refractivity contribution in [3.63, 3.8) is 0 Å². The minimum absolute atomic E-state index is 0.712. The van der Waals surface area contributed by atoms with Crippen LogP contribution in [0.3, 0.4) is 0 Å². The Bertz CT molecular complexity index is 369. The lowest BCUT2D eigenvalue weighted by Gasteiger charge is -2.20. The first-order valence-corrected chi connectivity index (χ1v) is 8.63. The van der Waals surface area contributed by atoms with Gasteiger partial charge in [0, 0.05) is 12.2 Å². The molecule has 0 radical (unpaired) electrons. The number of thioether (sulfide) groups is 1. The molecule has 1 aliphatic rings. The lowest BCUT2D eigenvalue weighted by molar-refractivity contribution is 0.393. The minimum atomic E-state index is 0.712. The van der Waals surface area contributed by atoms with Gasteiger partial charge in [-0.25, -0.2) is 4.98 Å². The molecule has 0 bridgehead atoms. The van der Waals surface area contributed by atoms with Crippen LogP contribution in [-0.2, 0) is 0 Å². The van der Waals surface area contributed by atoms with Gasteiger partial charge in [-0.1, -0.05) is 24.9 Å². The number of nitrogens with one attached hydrogen (secondary N) is 1. The van der Waals surface area contributed by atoms with Crippen LogP contribution >= 0.6 is 23.4 Å². The first-order valence-electron chi connectivity index (χ1n) is 7.27. The maximum atomic E-state index is 5.84. The van der Waals surface area contributed by atoms with Gasteiger partial charge in [0.1, 0.15) is 0 Å². The zero-order chi connectivity index (χ0) is 13.5. The van der Waals surface area contributed by atoms with Crippen LogP contribution in [-0.4, -0.2) is 23.3 Å². The molecule has 2 atom stereocenters. The molecule has 1 N–H and O–H groups in total. The maximum absolute atomic E-state index is 5.84. The third-order valence-electron chi connectivity index (χ3n) is 3.75. The molecule has 1 fully saturated rings. The van der Waals surface area contributed by atoms with Crippen molar-refractivity contribution in [3.8, 4) is 0 Å². The second-order valence-corrected chi connectivity index (χ2v) is 6.76. The minimum Gasteiger partial charge on any atom is -0.314 e. The molecule has 2 nitrogen and oxygen atoms in total. The third-order valence-corrected chi connectivity index (χ3v) is 4.96. The molecule has 0 spiro atoms. The molecule has 0 saturated heterocycles. The highest BCUT2D eigenvalue weighted by molar-refractivity contribution is 7.99. The van der Waals surface area contributed by atoms with E-state index < -0.39 is 0 Å². The van der Waals surface area contributed by atoms with E-state index in [-0.39, 0.29) is 0 Å². The van der Waals surface area contributed by atoms with E-state index in [0.29, 0.717) is 5.02 Å². The molecule has 19 heavy (non-hydrogen) atoms. The summed E-state index contributed by atoms with van der Waals surface area (Å²) in [5, 5.41) is 5.49. The van der Waals surface area contributed by atoms with E-state index in [2.05, 4.69) is 17.2 Å². The highest BCUT2D eigenvalue weighted by Crippen LogP contribution is 2.30. The molecule has 1 saturated carbocycles. The summed E-state index contributed by atoms with van der Waals surface area (Å²) in [5.74, 6) is 2.01. The number of hydrogen-bond donors (Lipinski definition) is 1. The smallest absolute Gasteiger partial charge is 0.0960 e. The summed E-state index contributed by atoms with van der Waals surface area (Å²) < 4.78 is 0. The van der Waals surface area contributed by atoms with Crippen LogP contribution in [0.4, 0.5) is 0 Å². The molecule has 2 unspecified atom stereocenters. The van der Waals surface area contributed by atoms with Gasteiger partial charge in [-0.2, -0.15) is 0 Å². The average molecular weight is 299 g/mol. The topological polar surface area (TPSA) is 24.9 Å². The first-order chi connectivity index (χ1) is 9.29. The molecule has 0 amide bonds. The molecule has 1 heterocycles. The van der Waals surface area contributed by atoms with Gasteiger partial charge in [0.25, 0.3) is 0 Å². The van der Waals surface area contributed by atoms with Gasteiger partial charge < -0.3 is 5.32 Å². The second-order valence-electron chi connectivity index (χ2n) is 5.20. The molecule has 0 aliphatic heterocycles. The summed E-state index contributed by atoms with van der Waals surface area (Å²) in [5.41, 5.74) is 0. The van der Waals surface area contributed by atoms with Crippen molar-refractivity contribution in [2.75, 3.05) is 12.3 Å². The lowest BCUT2D eigenvalue weighted by Crippen LogP contribution is -2.33. The molecule has 2 rings (SSSR count). The van der Waals surface area contributed by atoms with Gasteiger partial charge in [-0.3, -0.25) is 0 Å². The molecule has 1 aromatic rings. The Balaban J connectivity index is 1.71. The molecule has 4 heteroatoms.